The highest BCUT2D eigenvalue weighted by Crippen LogP contribution is 2.25. The van der Waals surface area contributed by atoms with E-state index in [2.05, 4.69) is 10.1 Å². The van der Waals surface area contributed by atoms with Crippen LogP contribution >= 0.6 is 12.4 Å². The van der Waals surface area contributed by atoms with Crippen molar-refractivity contribution >= 4 is 24.0 Å². The lowest BCUT2D eigenvalue weighted by Gasteiger charge is -2.12. The molecule has 1 aromatic carbocycles. The summed E-state index contributed by atoms with van der Waals surface area (Å²) in [5.74, 6) is -0.855. The molecule has 0 aliphatic rings. The number of carbonyl (C=O) groups excluding carboxylic acids is 1. The second-order valence-electron chi connectivity index (χ2n) is 3.58. The van der Waals surface area contributed by atoms with E-state index in [0.717, 1.165) is 12.1 Å². The Morgan fingerprint density at radius 3 is 2.63 bits per heavy atom. The normalized spacial score (nSPS) is 12.3. The molecule has 1 aromatic rings. The van der Waals surface area contributed by atoms with Gasteiger partial charge < -0.3 is 15.8 Å². The van der Waals surface area contributed by atoms with Crippen LogP contribution in [0, 0.1) is 0 Å². The van der Waals surface area contributed by atoms with Gasteiger partial charge in [0.25, 0.3) is 0 Å². The molecule has 4 nitrogen and oxygen atoms in total. The van der Waals surface area contributed by atoms with Crippen LogP contribution in [0.15, 0.2) is 24.3 Å². The number of alkyl halides is 3. The molecule has 1 atom stereocenters. The zero-order chi connectivity index (χ0) is 13.8. The third-order valence-corrected chi connectivity index (χ3v) is 2.11. The van der Waals surface area contributed by atoms with Crippen LogP contribution in [0.1, 0.15) is 13.3 Å². The van der Waals surface area contributed by atoms with Crippen molar-refractivity contribution in [2.24, 2.45) is 5.73 Å². The average Bonchev–Trinajstić information content (AvgIpc) is 2.26. The lowest BCUT2D eigenvalue weighted by molar-refractivity contribution is -0.274. The molecule has 0 spiro atoms. The number of hydrogen-bond acceptors (Lipinski definition) is 3. The maximum atomic E-state index is 12.0. The summed E-state index contributed by atoms with van der Waals surface area (Å²) >= 11 is 0. The predicted molar refractivity (Wildman–Crippen MR) is 67.3 cm³/mol. The van der Waals surface area contributed by atoms with E-state index in [1.54, 1.807) is 6.92 Å². The number of rotatable bonds is 4. The number of anilines is 1. The topological polar surface area (TPSA) is 64.4 Å². The van der Waals surface area contributed by atoms with Gasteiger partial charge in [-0.25, -0.2) is 0 Å². The first kappa shape index (κ1) is 17.5. The van der Waals surface area contributed by atoms with E-state index in [1.165, 1.54) is 12.1 Å². The van der Waals surface area contributed by atoms with E-state index in [9.17, 15) is 18.0 Å². The third-order valence-electron chi connectivity index (χ3n) is 2.11. The van der Waals surface area contributed by atoms with E-state index in [1.807, 2.05) is 0 Å². The Labute approximate surface area is 114 Å². The van der Waals surface area contributed by atoms with Crippen LogP contribution in [-0.2, 0) is 4.79 Å². The number of hydrogen-bond donors (Lipinski definition) is 2. The zero-order valence-electron chi connectivity index (χ0n) is 10.0. The van der Waals surface area contributed by atoms with Gasteiger partial charge in [-0.1, -0.05) is 13.0 Å². The van der Waals surface area contributed by atoms with E-state index in [-0.39, 0.29) is 18.1 Å². The van der Waals surface area contributed by atoms with E-state index in [0.29, 0.717) is 6.42 Å². The summed E-state index contributed by atoms with van der Waals surface area (Å²) in [4.78, 5) is 11.4. The highest BCUT2D eigenvalue weighted by Gasteiger charge is 2.31. The van der Waals surface area contributed by atoms with Crippen LogP contribution < -0.4 is 15.8 Å². The number of nitrogens with two attached hydrogens (primary N) is 1. The Balaban J connectivity index is 0.00000324. The smallest absolute Gasteiger partial charge is 0.406 e. The predicted octanol–water partition coefficient (Wildman–Crippen LogP) is 2.68. The summed E-state index contributed by atoms with van der Waals surface area (Å²) in [6.07, 6.45) is -4.33. The summed E-state index contributed by atoms with van der Waals surface area (Å²) in [6, 6.07) is 4.31. The third kappa shape index (κ3) is 6.30. The molecule has 19 heavy (non-hydrogen) atoms. The molecule has 0 bridgehead atoms. The molecule has 0 aliphatic heterocycles. The van der Waals surface area contributed by atoms with Crippen molar-refractivity contribution in [3.05, 3.63) is 24.3 Å². The van der Waals surface area contributed by atoms with Gasteiger partial charge in [0.15, 0.2) is 0 Å². The first-order valence-corrected chi connectivity index (χ1v) is 5.24. The first-order valence-electron chi connectivity index (χ1n) is 5.24. The summed E-state index contributed by atoms with van der Waals surface area (Å²) in [6.45, 7) is 1.73. The SMILES string of the molecule is CC[C@H](N)C(=O)Nc1cccc(OC(F)(F)F)c1.Cl. The fourth-order valence-corrected chi connectivity index (χ4v) is 1.19. The number of carbonyl (C=O) groups is 1. The Morgan fingerprint density at radius 1 is 1.47 bits per heavy atom. The minimum atomic E-state index is -4.76. The van der Waals surface area contributed by atoms with Gasteiger partial charge in [0.05, 0.1) is 6.04 Å². The van der Waals surface area contributed by atoms with Crippen molar-refractivity contribution in [3.8, 4) is 5.75 Å². The number of nitrogens with one attached hydrogen (secondary N) is 1. The monoisotopic (exact) mass is 298 g/mol. The number of halogens is 4. The zero-order valence-corrected chi connectivity index (χ0v) is 10.8. The Hall–Kier alpha value is -1.47. The minimum Gasteiger partial charge on any atom is -0.406 e. The molecule has 3 N–H and O–H groups in total. The number of benzene rings is 1. The van der Waals surface area contributed by atoms with Gasteiger partial charge in [-0.05, 0) is 18.6 Å². The largest absolute Gasteiger partial charge is 0.573 e. The van der Waals surface area contributed by atoms with Gasteiger partial charge in [0.1, 0.15) is 5.75 Å². The van der Waals surface area contributed by atoms with E-state index >= 15 is 0 Å². The van der Waals surface area contributed by atoms with Crippen LogP contribution in [0.3, 0.4) is 0 Å². The van der Waals surface area contributed by atoms with Gasteiger partial charge in [-0.3, -0.25) is 4.79 Å². The van der Waals surface area contributed by atoms with Crippen LogP contribution in [0.5, 0.6) is 5.75 Å². The Kier molecular flexibility index (Phi) is 6.64. The van der Waals surface area contributed by atoms with Gasteiger partial charge in [-0.15, -0.1) is 25.6 Å². The minimum absolute atomic E-state index is 0. The molecule has 0 aromatic heterocycles. The maximum absolute atomic E-state index is 12.0. The molecule has 108 valence electrons. The van der Waals surface area contributed by atoms with Crippen molar-refractivity contribution in [2.75, 3.05) is 5.32 Å². The summed E-state index contributed by atoms with van der Waals surface area (Å²) in [5, 5.41) is 2.41. The summed E-state index contributed by atoms with van der Waals surface area (Å²) < 4.78 is 39.7. The van der Waals surface area contributed by atoms with Gasteiger partial charge in [-0.2, -0.15) is 0 Å². The molecule has 1 amide bonds. The van der Waals surface area contributed by atoms with Crippen molar-refractivity contribution in [1.82, 2.24) is 0 Å². The molecular weight excluding hydrogens is 285 g/mol. The van der Waals surface area contributed by atoms with E-state index < -0.39 is 24.1 Å². The van der Waals surface area contributed by atoms with Gasteiger partial charge in [0, 0.05) is 11.8 Å². The van der Waals surface area contributed by atoms with Crippen molar-refractivity contribution in [2.45, 2.75) is 25.7 Å². The van der Waals surface area contributed by atoms with Crippen LogP contribution in [-0.4, -0.2) is 18.3 Å². The number of ether oxygens (including phenoxy) is 1. The van der Waals surface area contributed by atoms with Crippen molar-refractivity contribution in [3.63, 3.8) is 0 Å². The van der Waals surface area contributed by atoms with Crippen LogP contribution in [0.2, 0.25) is 0 Å². The maximum Gasteiger partial charge on any atom is 0.573 e. The molecule has 0 unspecified atom stereocenters. The quantitative estimate of drug-likeness (QED) is 0.898. The lowest BCUT2D eigenvalue weighted by atomic mass is 10.2. The van der Waals surface area contributed by atoms with E-state index in [4.69, 9.17) is 5.73 Å². The second-order valence-corrected chi connectivity index (χ2v) is 3.58. The fourth-order valence-electron chi connectivity index (χ4n) is 1.19. The summed E-state index contributed by atoms with van der Waals surface area (Å²) in [7, 11) is 0. The highest BCUT2D eigenvalue weighted by molar-refractivity contribution is 5.94. The number of amides is 1. The molecular formula is C11H14ClF3N2O2. The Morgan fingerprint density at radius 2 is 2.11 bits per heavy atom. The molecule has 0 saturated carbocycles. The molecule has 0 aliphatic carbocycles. The molecule has 8 heteroatoms. The van der Waals surface area contributed by atoms with Crippen LogP contribution in [0.4, 0.5) is 18.9 Å². The average molecular weight is 299 g/mol. The van der Waals surface area contributed by atoms with Gasteiger partial charge >= 0.3 is 6.36 Å². The van der Waals surface area contributed by atoms with Crippen molar-refractivity contribution in [1.29, 1.82) is 0 Å². The van der Waals surface area contributed by atoms with Crippen LogP contribution in [0.25, 0.3) is 0 Å². The highest BCUT2D eigenvalue weighted by atomic mass is 35.5. The lowest BCUT2D eigenvalue weighted by Crippen LogP contribution is -2.34. The second kappa shape index (κ2) is 7.20. The first-order chi connectivity index (χ1) is 8.31. The van der Waals surface area contributed by atoms with Gasteiger partial charge in [0.2, 0.25) is 5.91 Å². The fraction of sp³-hybridized carbons (Fsp3) is 0.364. The standard InChI is InChI=1S/C11H13F3N2O2.ClH/c1-2-9(15)10(17)16-7-4-3-5-8(6-7)18-11(12,13)14;/h3-6,9H,2,15H2,1H3,(H,16,17);1H/t9-;/m0./s1. The Bertz CT molecular complexity index is 427. The molecule has 0 saturated heterocycles. The molecule has 0 radical (unpaired) electrons. The molecule has 1 rings (SSSR count). The molecule has 0 heterocycles. The molecule has 0 fully saturated rings. The summed E-state index contributed by atoms with van der Waals surface area (Å²) in [5.41, 5.74) is 5.68. The van der Waals surface area contributed by atoms with Crippen molar-refractivity contribution < 1.29 is 22.7 Å².